The zero-order valence-electron chi connectivity index (χ0n) is 8.35. The molecule has 0 bridgehead atoms. The van der Waals surface area contributed by atoms with Crippen LogP contribution in [0.15, 0.2) is 38.0 Å². The summed E-state index contributed by atoms with van der Waals surface area (Å²) in [4.78, 5) is 0. The van der Waals surface area contributed by atoms with Crippen LogP contribution in [0.2, 0.25) is 18.1 Å². The fraction of sp³-hybridized carbons (Fsp3) is 0.300. The van der Waals surface area contributed by atoms with Crippen molar-refractivity contribution in [3.05, 3.63) is 38.0 Å². The molecule has 0 aromatic carbocycles. The molecule has 78 valence electrons. The fourth-order valence-corrected chi connectivity index (χ4v) is 3.45. The summed E-state index contributed by atoms with van der Waals surface area (Å²) in [5.74, 6) is 0. The molecule has 0 radical (unpaired) electrons. The van der Waals surface area contributed by atoms with Crippen molar-refractivity contribution >= 4 is 8.32 Å². The Morgan fingerprint density at radius 3 is 1.50 bits per heavy atom. The number of nitriles is 1. The summed E-state index contributed by atoms with van der Waals surface area (Å²) in [5, 5.41) is 15.3. The second-order valence-electron chi connectivity index (χ2n) is 2.75. The van der Waals surface area contributed by atoms with Crippen LogP contribution in [0.25, 0.3) is 0 Å². The highest BCUT2D eigenvalue weighted by Gasteiger charge is 2.31. The Bertz CT molecular complexity index is 175. The van der Waals surface area contributed by atoms with Gasteiger partial charge >= 0.3 is 0 Å². The molecule has 0 amide bonds. The standard InChI is InChI=1S/C9H16O2Si.CHN/c1-4-7-12(11-10,8-5-2)9-6-3;1-2/h4-6,10H,1-3,7-9H2;1H. The predicted octanol–water partition coefficient (Wildman–Crippen LogP) is 3.12. The van der Waals surface area contributed by atoms with E-state index in [1.165, 1.54) is 0 Å². The van der Waals surface area contributed by atoms with E-state index in [0.717, 1.165) is 18.1 Å². The highest BCUT2D eigenvalue weighted by atomic mass is 28.4. The summed E-state index contributed by atoms with van der Waals surface area (Å²) in [6.45, 7) is 14.4. The Balaban J connectivity index is 0. The third kappa shape index (κ3) is 5.49. The maximum absolute atomic E-state index is 8.79. The summed E-state index contributed by atoms with van der Waals surface area (Å²) in [7, 11) is -2.07. The molecule has 4 heteroatoms. The minimum absolute atomic E-state index is 0.724. The van der Waals surface area contributed by atoms with E-state index in [0.29, 0.717) is 0 Å². The van der Waals surface area contributed by atoms with Crippen molar-refractivity contribution in [1.82, 2.24) is 0 Å². The second kappa shape index (κ2) is 9.93. The van der Waals surface area contributed by atoms with Gasteiger partial charge in [-0.25, -0.2) is 5.26 Å². The highest BCUT2D eigenvalue weighted by molar-refractivity contribution is 6.74. The van der Waals surface area contributed by atoms with E-state index in [-0.39, 0.29) is 0 Å². The van der Waals surface area contributed by atoms with Crippen molar-refractivity contribution in [2.45, 2.75) is 18.1 Å². The first-order chi connectivity index (χ1) is 6.74. The number of hydrogen-bond donors (Lipinski definition) is 1. The Kier molecular flexibility index (Phi) is 10.9. The number of hydrogen-bond acceptors (Lipinski definition) is 3. The van der Waals surface area contributed by atoms with Crippen molar-refractivity contribution in [3.8, 4) is 6.57 Å². The SMILES string of the molecule is C#N.C=CC[Si](CC=C)(CC=C)OO. The lowest BCUT2D eigenvalue weighted by Gasteiger charge is -2.23. The van der Waals surface area contributed by atoms with E-state index >= 15 is 0 Å². The molecule has 0 aliphatic carbocycles. The molecule has 0 rings (SSSR count). The average molecular weight is 211 g/mol. The van der Waals surface area contributed by atoms with Gasteiger partial charge in [-0.3, -0.25) is 9.83 Å². The molecule has 14 heavy (non-hydrogen) atoms. The minimum atomic E-state index is -2.07. The summed E-state index contributed by atoms with van der Waals surface area (Å²) < 4.78 is 4.58. The molecular formula is C10H17NO2Si. The maximum Gasteiger partial charge on any atom is 0.249 e. The topological polar surface area (TPSA) is 53.2 Å². The summed E-state index contributed by atoms with van der Waals surface area (Å²) >= 11 is 0. The van der Waals surface area contributed by atoms with Crippen LogP contribution in [0.1, 0.15) is 0 Å². The monoisotopic (exact) mass is 211 g/mol. The Labute approximate surface area is 86.7 Å². The third-order valence-corrected chi connectivity index (χ3v) is 5.23. The van der Waals surface area contributed by atoms with Crippen molar-refractivity contribution in [3.63, 3.8) is 0 Å². The quantitative estimate of drug-likeness (QED) is 0.305. The van der Waals surface area contributed by atoms with Crippen LogP contribution in [0, 0.1) is 11.8 Å². The van der Waals surface area contributed by atoms with Gasteiger partial charge in [-0.05, 0) is 18.1 Å². The first-order valence-electron chi connectivity index (χ1n) is 4.16. The number of nitrogens with zero attached hydrogens (tertiary/aromatic N) is 1. The van der Waals surface area contributed by atoms with Crippen LogP contribution < -0.4 is 0 Å². The second-order valence-corrected chi connectivity index (χ2v) is 6.53. The van der Waals surface area contributed by atoms with Crippen molar-refractivity contribution < 1.29 is 9.83 Å². The lowest BCUT2D eigenvalue weighted by Crippen LogP contribution is -2.35. The van der Waals surface area contributed by atoms with Crippen LogP contribution in [0.4, 0.5) is 0 Å². The number of rotatable bonds is 7. The van der Waals surface area contributed by atoms with E-state index < -0.39 is 8.32 Å². The molecule has 0 aliphatic heterocycles. The zero-order chi connectivity index (χ0) is 11.4. The maximum atomic E-state index is 8.79. The van der Waals surface area contributed by atoms with Crippen LogP contribution in [-0.2, 0) is 4.58 Å². The van der Waals surface area contributed by atoms with Crippen molar-refractivity contribution in [1.29, 1.82) is 5.26 Å². The van der Waals surface area contributed by atoms with Crippen molar-refractivity contribution in [2.75, 3.05) is 0 Å². The van der Waals surface area contributed by atoms with E-state index in [4.69, 9.17) is 10.5 Å². The minimum Gasteiger partial charge on any atom is -0.288 e. The predicted molar refractivity (Wildman–Crippen MR) is 61.1 cm³/mol. The van der Waals surface area contributed by atoms with E-state index in [9.17, 15) is 0 Å². The van der Waals surface area contributed by atoms with Crippen LogP contribution in [-0.4, -0.2) is 13.6 Å². The van der Waals surface area contributed by atoms with Gasteiger partial charge < -0.3 is 0 Å². The van der Waals surface area contributed by atoms with Gasteiger partial charge in [-0.2, -0.15) is 0 Å². The van der Waals surface area contributed by atoms with Gasteiger partial charge in [-0.15, -0.1) is 19.7 Å². The highest BCUT2D eigenvalue weighted by Crippen LogP contribution is 2.22. The molecule has 0 spiro atoms. The van der Waals surface area contributed by atoms with Gasteiger partial charge in [0.15, 0.2) is 0 Å². The molecule has 0 saturated carbocycles. The zero-order valence-corrected chi connectivity index (χ0v) is 9.35. The van der Waals surface area contributed by atoms with Gasteiger partial charge in [0.25, 0.3) is 0 Å². The molecule has 1 N–H and O–H groups in total. The molecule has 0 heterocycles. The molecule has 0 saturated heterocycles. The first kappa shape index (κ1) is 15.3. The van der Waals surface area contributed by atoms with E-state index in [1.54, 1.807) is 18.2 Å². The average Bonchev–Trinajstić information content (AvgIpc) is 2.22. The fourth-order valence-electron chi connectivity index (χ4n) is 1.15. The van der Waals surface area contributed by atoms with Gasteiger partial charge in [0, 0.05) is 6.57 Å². The van der Waals surface area contributed by atoms with Gasteiger partial charge in [-0.1, -0.05) is 18.2 Å². The van der Waals surface area contributed by atoms with Gasteiger partial charge in [0.2, 0.25) is 8.32 Å². The lowest BCUT2D eigenvalue weighted by molar-refractivity contribution is -0.151. The molecule has 3 nitrogen and oxygen atoms in total. The molecule has 0 atom stereocenters. The van der Waals surface area contributed by atoms with Crippen LogP contribution >= 0.6 is 0 Å². The molecule has 0 fully saturated rings. The van der Waals surface area contributed by atoms with Crippen LogP contribution in [0.3, 0.4) is 0 Å². The Hall–Kier alpha value is -1.15. The Morgan fingerprint density at radius 2 is 1.36 bits per heavy atom. The molecule has 0 aromatic rings. The third-order valence-electron chi connectivity index (χ3n) is 1.74. The summed E-state index contributed by atoms with van der Waals surface area (Å²) in [5.41, 5.74) is 0. The largest absolute Gasteiger partial charge is 0.288 e. The van der Waals surface area contributed by atoms with E-state index in [2.05, 4.69) is 30.9 Å². The summed E-state index contributed by atoms with van der Waals surface area (Å²) in [6, 6.07) is 2.17. The lowest BCUT2D eigenvalue weighted by atomic mass is 10.7. The smallest absolute Gasteiger partial charge is 0.249 e. The molecule has 0 aromatic heterocycles. The van der Waals surface area contributed by atoms with E-state index in [1.807, 2.05) is 0 Å². The van der Waals surface area contributed by atoms with Gasteiger partial charge in [0.1, 0.15) is 0 Å². The summed E-state index contributed by atoms with van der Waals surface area (Å²) in [6.07, 6.45) is 5.32. The Morgan fingerprint density at radius 1 is 1.07 bits per heavy atom. The van der Waals surface area contributed by atoms with Crippen LogP contribution in [0.5, 0.6) is 0 Å². The van der Waals surface area contributed by atoms with Gasteiger partial charge in [0.05, 0.1) is 0 Å². The first-order valence-corrected chi connectivity index (χ1v) is 6.68. The molecule has 0 aliphatic rings. The normalized spacial score (nSPS) is 9.36. The molecule has 0 unspecified atom stereocenters. The molecular weight excluding hydrogens is 194 g/mol. The van der Waals surface area contributed by atoms with Crippen molar-refractivity contribution in [2.24, 2.45) is 0 Å². The number of allylic oxidation sites excluding steroid dienone is 3.